The Morgan fingerprint density at radius 2 is 1.29 bits per heavy atom. The monoisotopic (exact) mass is 309 g/mol. The summed E-state index contributed by atoms with van der Waals surface area (Å²) < 4.78 is 0. The molecule has 0 aliphatic carbocycles. The normalized spacial score (nSPS) is 40.1. The highest BCUT2D eigenvalue weighted by Gasteiger charge is 3.08. The molecule has 8 heteroatoms. The highest BCUT2D eigenvalue weighted by Crippen LogP contribution is 2.76. The Kier molecular flexibility index (Phi) is 1.22. The van der Waals surface area contributed by atoms with E-state index in [-0.39, 0.29) is 6.63 Å². The van der Waals surface area contributed by atoms with E-state index in [1.54, 1.807) is 0 Å². The summed E-state index contributed by atoms with van der Waals surface area (Å²) in [6.45, 7) is 10.4. The average molecular weight is 310 g/mol. The zero-order chi connectivity index (χ0) is 9.62. The van der Waals surface area contributed by atoms with Crippen molar-refractivity contribution < 1.29 is 0 Å². The van der Waals surface area contributed by atoms with E-state index < -0.39 is 0 Å². The minimum absolute atomic E-state index is 0.234. The molecule has 7 radical (unpaired) electrons. The minimum Gasteiger partial charge on any atom is -0.0629 e. The SMILES string of the molecule is CC(C)C(C)(C)[Si]12[Si]3[Si]4[Si]5[Si]3[Si]1[Si]5[Si]42. The van der Waals surface area contributed by atoms with E-state index in [0.717, 1.165) is 40.4 Å². The van der Waals surface area contributed by atoms with Gasteiger partial charge in [0.1, 0.15) is 0 Å². The molecule has 0 unspecified atom stereocenters. The molecule has 0 spiro atoms. The molecule has 0 atom stereocenters. The minimum atomic E-state index is -0.234. The van der Waals surface area contributed by atoms with Crippen LogP contribution in [0.4, 0.5) is 0 Å². The van der Waals surface area contributed by atoms with Gasteiger partial charge in [0.15, 0.2) is 0 Å². The lowest BCUT2D eigenvalue weighted by molar-refractivity contribution is 0.471. The van der Waals surface area contributed by atoms with Crippen LogP contribution in [0, 0.1) is 5.92 Å². The Labute approximate surface area is 96.2 Å². The zero-order valence-corrected chi connectivity index (χ0v) is 17.1. The van der Waals surface area contributed by atoms with Crippen LogP contribution in [-0.2, 0) is 0 Å². The molecule has 6 aliphatic rings. The second kappa shape index (κ2) is 1.95. The molecule has 6 fully saturated rings. The predicted octanol–water partition coefficient (Wildman–Crippen LogP) is -0.656. The van der Waals surface area contributed by atoms with Crippen LogP contribution < -0.4 is 0 Å². The van der Waals surface area contributed by atoms with E-state index in [4.69, 9.17) is 0 Å². The van der Waals surface area contributed by atoms with Crippen LogP contribution in [-0.4, -0.2) is 58.1 Å². The lowest BCUT2D eigenvalue weighted by Crippen LogP contribution is -3.43. The Balaban J connectivity index is 1.63. The van der Waals surface area contributed by atoms with Gasteiger partial charge in [-0.15, -0.1) is 0 Å². The molecule has 0 aromatic heterocycles. The van der Waals surface area contributed by atoms with Crippen molar-refractivity contribution in [2.24, 2.45) is 5.92 Å². The molecule has 14 heavy (non-hydrogen) atoms. The Hall–Kier alpha value is 1.74. The molecule has 0 nitrogen and oxygen atoms in total. The summed E-state index contributed by atoms with van der Waals surface area (Å²) in [5, 5.41) is 1.01. The summed E-state index contributed by atoms with van der Waals surface area (Å²) in [7, 11) is 5.23. The van der Waals surface area contributed by atoms with Crippen molar-refractivity contribution in [3.8, 4) is 0 Å². The average Bonchev–Trinajstić information content (AvgIpc) is 2.18. The van der Waals surface area contributed by atoms with Crippen molar-refractivity contribution in [1.29, 1.82) is 0 Å². The molecular weight excluding hydrogens is 297 g/mol. The molecule has 0 aromatic rings. The van der Waals surface area contributed by atoms with Gasteiger partial charge in [-0.3, -0.25) is 0 Å². The van der Waals surface area contributed by atoms with Crippen LogP contribution >= 0.6 is 0 Å². The van der Waals surface area contributed by atoms with Crippen LogP contribution in [0.15, 0.2) is 0 Å². The maximum Gasteiger partial charge on any atom is 0.0183 e. The van der Waals surface area contributed by atoms with Gasteiger partial charge in [-0.25, -0.2) is 0 Å². The summed E-state index contributed by atoms with van der Waals surface area (Å²) in [6, 6.07) is 0. The van der Waals surface area contributed by atoms with E-state index >= 15 is 0 Å². The fourth-order valence-electron chi connectivity index (χ4n) is 4.40. The second-order valence-corrected chi connectivity index (χ2v) is 88.5. The van der Waals surface area contributed by atoms with Crippen LogP contribution in [0.1, 0.15) is 27.7 Å². The van der Waals surface area contributed by atoms with Gasteiger partial charge < -0.3 is 0 Å². The molecule has 0 bridgehead atoms. The van der Waals surface area contributed by atoms with Crippen molar-refractivity contribution in [3.05, 3.63) is 0 Å². The van der Waals surface area contributed by atoms with Gasteiger partial charge in [-0.05, 0) is 11.0 Å². The van der Waals surface area contributed by atoms with Gasteiger partial charge in [-0.2, -0.15) is 0 Å². The van der Waals surface area contributed by atoms with E-state index in [1.807, 2.05) is 0 Å². The van der Waals surface area contributed by atoms with Gasteiger partial charge >= 0.3 is 0 Å². The van der Waals surface area contributed by atoms with Gasteiger partial charge in [0.05, 0.1) is 0 Å². The van der Waals surface area contributed by atoms with Gasteiger partial charge in [0.2, 0.25) is 0 Å². The van der Waals surface area contributed by atoms with Crippen LogP contribution in [0.2, 0.25) is 5.04 Å². The first-order valence-electron chi connectivity index (χ1n) is 5.69. The highest BCUT2D eigenvalue weighted by atomic mass is 31.1. The standard InChI is InChI=1S/C6H13Si8/c1-5(2)6(3,4)14-11-8-7-9(11)13(14)10(7)12(8)14/h5H,1-4H3. The maximum atomic E-state index is 2.77. The van der Waals surface area contributed by atoms with Gasteiger partial charge in [0.25, 0.3) is 0 Å². The Bertz CT molecular complexity index is 325. The smallest absolute Gasteiger partial charge is 0.0183 e. The van der Waals surface area contributed by atoms with Crippen molar-refractivity contribution in [2.45, 2.75) is 32.7 Å². The molecule has 6 saturated heterocycles. The number of hydrogen-bond acceptors (Lipinski definition) is 0. The third kappa shape index (κ3) is 0.445. The molecule has 6 rings (SSSR count). The third-order valence-corrected chi connectivity index (χ3v) is 264. The topological polar surface area (TPSA) is 0 Å². The predicted molar refractivity (Wildman–Crippen MR) is 74.9 cm³/mol. The van der Waals surface area contributed by atoms with E-state index in [0.29, 0.717) is 22.0 Å². The quantitative estimate of drug-likeness (QED) is 0.595. The largest absolute Gasteiger partial charge is 0.0629 e. The fraction of sp³-hybridized carbons (Fsp3) is 1.00. The molecule has 0 amide bonds. The summed E-state index contributed by atoms with van der Waals surface area (Å²) >= 11 is 0. The first kappa shape index (κ1) is 8.77. The van der Waals surface area contributed by atoms with Crippen LogP contribution in [0.25, 0.3) is 0 Å². The molecule has 0 aromatic carbocycles. The summed E-state index contributed by atoms with van der Waals surface area (Å²) in [4.78, 5) is 0. The maximum absolute atomic E-state index is 2.77. The van der Waals surface area contributed by atoms with E-state index in [9.17, 15) is 0 Å². The lowest BCUT2D eigenvalue weighted by atomic mass is 9.99. The summed E-state index contributed by atoms with van der Waals surface area (Å²) in [5.41, 5.74) is 0. The van der Waals surface area contributed by atoms with E-state index in [1.165, 1.54) is 0 Å². The van der Waals surface area contributed by atoms with Crippen molar-refractivity contribution in [2.75, 3.05) is 0 Å². The summed E-state index contributed by atoms with van der Waals surface area (Å²) in [5.74, 6) is 1.08. The molecule has 0 N–H and O–H groups in total. The molecule has 6 heterocycles. The van der Waals surface area contributed by atoms with Crippen molar-refractivity contribution >= 4 is 58.1 Å². The third-order valence-electron chi connectivity index (χ3n) is 5.78. The molecule has 6 aliphatic heterocycles. The number of hydrogen-bond donors (Lipinski definition) is 0. The molecule has 69 valence electrons. The lowest BCUT2D eigenvalue weighted by Gasteiger charge is -3.07. The summed E-state index contributed by atoms with van der Waals surface area (Å²) in [6.07, 6.45) is 0. The Morgan fingerprint density at radius 3 is 1.64 bits per heavy atom. The van der Waals surface area contributed by atoms with Crippen molar-refractivity contribution in [1.82, 2.24) is 0 Å². The second-order valence-electron chi connectivity index (χ2n) is 6.25. The first-order chi connectivity index (χ1) is 6.56. The zero-order valence-electron chi connectivity index (χ0n) is 9.08. The van der Waals surface area contributed by atoms with Crippen molar-refractivity contribution in [3.63, 3.8) is 0 Å². The number of rotatable bonds is 2. The van der Waals surface area contributed by atoms with Crippen LogP contribution in [0.5, 0.6) is 0 Å². The van der Waals surface area contributed by atoms with E-state index in [2.05, 4.69) is 27.7 Å². The first-order valence-corrected chi connectivity index (χ1v) is 30.2. The van der Waals surface area contributed by atoms with Gasteiger partial charge in [-0.1, -0.05) is 27.7 Å². The fourth-order valence-corrected chi connectivity index (χ4v) is 637. The Morgan fingerprint density at radius 1 is 0.857 bits per heavy atom. The molecular formula is C6H13Si8. The van der Waals surface area contributed by atoms with Crippen LogP contribution in [0.3, 0.4) is 0 Å². The molecule has 0 saturated carbocycles. The highest BCUT2D eigenvalue weighted by molar-refractivity contribution is 8.78. The van der Waals surface area contributed by atoms with Gasteiger partial charge in [0, 0.05) is 58.1 Å².